The lowest BCUT2D eigenvalue weighted by molar-refractivity contribution is -0.128. The van der Waals surface area contributed by atoms with Gasteiger partial charge < -0.3 is 19.4 Å². The molecule has 1 atom stereocenters. The largest absolute Gasteiger partial charge is 0.467 e. The van der Waals surface area contributed by atoms with Gasteiger partial charge in [0.15, 0.2) is 5.13 Å². The van der Waals surface area contributed by atoms with Crippen molar-refractivity contribution < 1.29 is 18.7 Å². The Morgan fingerprint density at radius 2 is 2.19 bits per heavy atom. The molecule has 2 aromatic heterocycles. The van der Waals surface area contributed by atoms with Crippen LogP contribution in [-0.2, 0) is 27.4 Å². The normalized spacial score (nSPS) is 21.0. The number of likely N-dealkylation sites (tertiary alicyclic amines) is 1. The minimum atomic E-state index is -0.362. The van der Waals surface area contributed by atoms with Crippen LogP contribution >= 0.6 is 11.3 Å². The second-order valence-corrected chi connectivity index (χ2v) is 7.63. The Morgan fingerprint density at radius 3 is 2.96 bits per heavy atom. The first-order chi connectivity index (χ1) is 13.2. The first-order valence-electron chi connectivity index (χ1n) is 9.03. The fourth-order valence-corrected chi connectivity index (χ4v) is 4.03. The van der Waals surface area contributed by atoms with Crippen LogP contribution in [0, 0.1) is 5.92 Å². The number of carbonyl (C=O) groups is 2. The van der Waals surface area contributed by atoms with Gasteiger partial charge >= 0.3 is 0 Å². The number of furan rings is 1. The van der Waals surface area contributed by atoms with Crippen LogP contribution in [0.15, 0.2) is 28.2 Å². The van der Waals surface area contributed by atoms with E-state index in [1.807, 2.05) is 11.4 Å². The molecule has 0 aliphatic carbocycles. The first-order valence-corrected chi connectivity index (χ1v) is 9.91. The highest BCUT2D eigenvalue weighted by Gasteiger charge is 2.35. The van der Waals surface area contributed by atoms with Gasteiger partial charge in [-0.1, -0.05) is 0 Å². The second-order valence-electron chi connectivity index (χ2n) is 6.78. The molecule has 27 heavy (non-hydrogen) atoms. The smallest absolute Gasteiger partial charge is 0.231 e. The maximum Gasteiger partial charge on any atom is 0.231 e. The number of ether oxygens (including phenoxy) is 1. The number of thiazole rings is 1. The van der Waals surface area contributed by atoms with Crippen LogP contribution in [-0.4, -0.2) is 59.4 Å². The molecule has 2 aliphatic rings. The highest BCUT2D eigenvalue weighted by atomic mass is 32.1. The molecule has 2 aliphatic heterocycles. The maximum absolute atomic E-state index is 12.5. The van der Waals surface area contributed by atoms with Crippen molar-refractivity contribution in [2.24, 2.45) is 5.92 Å². The Balaban J connectivity index is 1.29. The molecule has 2 fully saturated rings. The first kappa shape index (κ1) is 18.1. The van der Waals surface area contributed by atoms with E-state index in [4.69, 9.17) is 9.15 Å². The van der Waals surface area contributed by atoms with Crippen molar-refractivity contribution >= 4 is 28.3 Å². The van der Waals surface area contributed by atoms with Gasteiger partial charge in [0, 0.05) is 38.0 Å². The molecule has 4 rings (SSSR count). The SMILES string of the molecule is O=C(Nc1nc(CN2CCOCC2)cs1)C1CC(=O)N(Cc2ccco2)C1. The predicted molar refractivity (Wildman–Crippen MR) is 99.1 cm³/mol. The van der Waals surface area contributed by atoms with Crippen molar-refractivity contribution in [3.8, 4) is 0 Å². The summed E-state index contributed by atoms with van der Waals surface area (Å²) in [4.78, 5) is 33.2. The van der Waals surface area contributed by atoms with Gasteiger partial charge in [-0.25, -0.2) is 4.98 Å². The van der Waals surface area contributed by atoms with Gasteiger partial charge in [0.05, 0.1) is 37.6 Å². The lowest BCUT2D eigenvalue weighted by Gasteiger charge is -2.25. The molecule has 0 spiro atoms. The summed E-state index contributed by atoms with van der Waals surface area (Å²) < 4.78 is 10.6. The summed E-state index contributed by atoms with van der Waals surface area (Å²) in [5.74, 6) is 0.174. The fourth-order valence-electron chi connectivity index (χ4n) is 3.32. The molecule has 0 aromatic carbocycles. The standard InChI is InChI=1S/C18H22N4O4S/c23-16-8-13(9-22(16)11-15-2-1-5-26-15)17(24)20-18-19-14(12-27-18)10-21-3-6-25-7-4-21/h1-2,5,12-13H,3-4,6-11H2,(H,19,20,24). The predicted octanol–water partition coefficient (Wildman–Crippen LogP) is 1.56. The van der Waals surface area contributed by atoms with E-state index >= 15 is 0 Å². The molecule has 0 saturated carbocycles. The highest BCUT2D eigenvalue weighted by Crippen LogP contribution is 2.23. The maximum atomic E-state index is 12.5. The second kappa shape index (κ2) is 8.20. The van der Waals surface area contributed by atoms with Gasteiger partial charge in [-0.05, 0) is 12.1 Å². The average molecular weight is 390 g/mol. The third-order valence-corrected chi connectivity index (χ3v) is 5.59. The Labute approximate surface area is 161 Å². The van der Waals surface area contributed by atoms with Crippen LogP contribution in [0.1, 0.15) is 17.9 Å². The Kier molecular flexibility index (Phi) is 5.51. The topological polar surface area (TPSA) is 87.9 Å². The van der Waals surface area contributed by atoms with Crippen molar-refractivity contribution in [3.63, 3.8) is 0 Å². The van der Waals surface area contributed by atoms with Crippen LogP contribution < -0.4 is 5.32 Å². The number of anilines is 1. The van der Waals surface area contributed by atoms with Crippen molar-refractivity contribution in [3.05, 3.63) is 35.2 Å². The van der Waals surface area contributed by atoms with Gasteiger partial charge in [0.1, 0.15) is 5.76 Å². The summed E-state index contributed by atoms with van der Waals surface area (Å²) in [7, 11) is 0. The number of hydrogen-bond acceptors (Lipinski definition) is 7. The molecule has 144 valence electrons. The van der Waals surface area contributed by atoms with Gasteiger partial charge in [-0.2, -0.15) is 0 Å². The number of amides is 2. The van der Waals surface area contributed by atoms with E-state index in [1.165, 1.54) is 11.3 Å². The zero-order valence-electron chi connectivity index (χ0n) is 14.9. The summed E-state index contributed by atoms with van der Waals surface area (Å²) >= 11 is 1.42. The summed E-state index contributed by atoms with van der Waals surface area (Å²) in [6.07, 6.45) is 1.80. The van der Waals surface area contributed by atoms with E-state index in [0.717, 1.165) is 44.3 Å². The van der Waals surface area contributed by atoms with Crippen LogP contribution in [0.4, 0.5) is 5.13 Å². The number of nitrogens with zero attached hydrogens (tertiary/aromatic N) is 3. The number of rotatable bonds is 6. The monoisotopic (exact) mass is 390 g/mol. The zero-order valence-corrected chi connectivity index (χ0v) is 15.7. The van der Waals surface area contributed by atoms with Crippen LogP contribution in [0.2, 0.25) is 0 Å². The molecule has 2 saturated heterocycles. The number of nitrogens with one attached hydrogen (secondary N) is 1. The molecule has 1 N–H and O–H groups in total. The van der Waals surface area contributed by atoms with Crippen molar-refractivity contribution in [1.82, 2.24) is 14.8 Å². The van der Waals surface area contributed by atoms with E-state index in [9.17, 15) is 9.59 Å². The van der Waals surface area contributed by atoms with Crippen LogP contribution in [0.5, 0.6) is 0 Å². The van der Waals surface area contributed by atoms with E-state index in [2.05, 4.69) is 15.2 Å². The third kappa shape index (κ3) is 4.55. The Bertz CT molecular complexity index is 785. The molecule has 2 aromatic rings. The number of morpholine rings is 1. The molecular weight excluding hydrogens is 368 g/mol. The minimum Gasteiger partial charge on any atom is -0.467 e. The summed E-state index contributed by atoms with van der Waals surface area (Å²) in [6, 6.07) is 3.61. The van der Waals surface area contributed by atoms with E-state index in [0.29, 0.717) is 18.2 Å². The molecule has 2 amide bonds. The molecule has 1 unspecified atom stereocenters. The highest BCUT2D eigenvalue weighted by molar-refractivity contribution is 7.13. The number of aromatic nitrogens is 1. The zero-order chi connectivity index (χ0) is 18.6. The summed E-state index contributed by atoms with van der Waals surface area (Å²) in [5, 5.41) is 5.41. The number of carbonyl (C=O) groups excluding carboxylic acids is 2. The molecule has 0 bridgehead atoms. The lowest BCUT2D eigenvalue weighted by atomic mass is 10.1. The Hall–Kier alpha value is -2.23. The average Bonchev–Trinajstić information content (AvgIpc) is 3.40. The number of hydrogen-bond donors (Lipinski definition) is 1. The fraction of sp³-hybridized carbons (Fsp3) is 0.500. The molecular formula is C18H22N4O4S. The van der Waals surface area contributed by atoms with Gasteiger partial charge in [0.25, 0.3) is 0 Å². The van der Waals surface area contributed by atoms with Gasteiger partial charge in [-0.3, -0.25) is 14.5 Å². The summed E-state index contributed by atoms with van der Waals surface area (Å²) in [5.41, 5.74) is 0.944. The van der Waals surface area contributed by atoms with Crippen molar-refractivity contribution in [2.45, 2.75) is 19.5 Å². The van der Waals surface area contributed by atoms with Gasteiger partial charge in [0.2, 0.25) is 11.8 Å². The Morgan fingerprint density at radius 1 is 1.33 bits per heavy atom. The van der Waals surface area contributed by atoms with E-state index in [1.54, 1.807) is 17.2 Å². The molecule has 0 radical (unpaired) electrons. The van der Waals surface area contributed by atoms with Crippen molar-refractivity contribution in [2.75, 3.05) is 38.2 Å². The molecule has 9 heteroatoms. The van der Waals surface area contributed by atoms with Gasteiger partial charge in [-0.15, -0.1) is 11.3 Å². The van der Waals surface area contributed by atoms with Crippen molar-refractivity contribution in [1.29, 1.82) is 0 Å². The molecule has 8 nitrogen and oxygen atoms in total. The van der Waals surface area contributed by atoms with E-state index < -0.39 is 0 Å². The molecule has 4 heterocycles. The van der Waals surface area contributed by atoms with Crippen LogP contribution in [0.25, 0.3) is 0 Å². The quantitative estimate of drug-likeness (QED) is 0.805. The minimum absolute atomic E-state index is 0.0290. The van der Waals surface area contributed by atoms with E-state index in [-0.39, 0.29) is 24.2 Å². The lowest BCUT2D eigenvalue weighted by Crippen LogP contribution is -2.35. The summed E-state index contributed by atoms with van der Waals surface area (Å²) in [6.45, 7) is 4.85. The van der Waals surface area contributed by atoms with Crippen LogP contribution in [0.3, 0.4) is 0 Å². The third-order valence-electron chi connectivity index (χ3n) is 4.78.